The maximum absolute atomic E-state index is 11.4. The zero-order chi connectivity index (χ0) is 15.4. The number of carbonyl (C=O) groups is 2. The summed E-state index contributed by atoms with van der Waals surface area (Å²) < 4.78 is 9.33. The number of ether oxygens (including phenoxy) is 2. The van der Waals surface area contributed by atoms with Gasteiger partial charge in [-0.05, 0) is 32.8 Å². The smallest absolute Gasteiger partial charge is 0.333 e. The summed E-state index contributed by atoms with van der Waals surface area (Å²) in [5.41, 5.74) is 0.623. The van der Waals surface area contributed by atoms with Crippen LogP contribution >= 0.6 is 0 Å². The average Bonchev–Trinajstić information content (AvgIpc) is 2.43. The molecule has 0 aromatic rings. The van der Waals surface area contributed by atoms with Crippen LogP contribution in [0.2, 0.25) is 0 Å². The molecule has 4 heteroatoms. The third-order valence-electron chi connectivity index (χ3n) is 2.48. The quantitative estimate of drug-likeness (QED) is 0.426. The number of hydrogen-bond acceptors (Lipinski definition) is 4. The van der Waals surface area contributed by atoms with Crippen LogP contribution in [0.4, 0.5) is 0 Å². The largest absolute Gasteiger partial charge is 0.466 e. The predicted molar refractivity (Wildman–Crippen MR) is 77.7 cm³/mol. The van der Waals surface area contributed by atoms with Crippen molar-refractivity contribution in [3.05, 3.63) is 23.8 Å². The fourth-order valence-electron chi connectivity index (χ4n) is 1.32. The summed E-state index contributed by atoms with van der Waals surface area (Å²) in [4.78, 5) is 22.1. The number of methoxy groups -OCH3 is 1. The van der Waals surface area contributed by atoms with Crippen molar-refractivity contribution in [3.63, 3.8) is 0 Å². The first-order valence-corrected chi connectivity index (χ1v) is 6.60. The second-order valence-electron chi connectivity index (χ2n) is 4.23. The Morgan fingerprint density at radius 1 is 1.35 bits per heavy atom. The van der Waals surface area contributed by atoms with Gasteiger partial charge in [-0.3, -0.25) is 0 Å². The average molecular weight is 278 g/mol. The molecule has 20 heavy (non-hydrogen) atoms. The van der Waals surface area contributed by atoms with E-state index in [4.69, 9.17) is 4.74 Å². The highest BCUT2D eigenvalue weighted by Crippen LogP contribution is 2.07. The molecule has 0 aliphatic carbocycles. The van der Waals surface area contributed by atoms with Crippen molar-refractivity contribution >= 4 is 11.9 Å². The van der Waals surface area contributed by atoms with Gasteiger partial charge in [-0.15, -0.1) is 0 Å². The van der Waals surface area contributed by atoms with Gasteiger partial charge in [-0.2, -0.15) is 0 Å². The van der Waals surface area contributed by atoms with E-state index in [-0.39, 0.29) is 11.9 Å². The van der Waals surface area contributed by atoms with Gasteiger partial charge in [0.05, 0.1) is 13.7 Å². The first-order valence-electron chi connectivity index (χ1n) is 6.60. The summed E-state index contributed by atoms with van der Waals surface area (Å²) >= 11 is 0. The summed E-state index contributed by atoms with van der Waals surface area (Å²) in [6.45, 7) is 5.91. The molecule has 4 nitrogen and oxygen atoms in total. The van der Waals surface area contributed by atoms with E-state index in [1.165, 1.54) is 19.3 Å². The monoisotopic (exact) mass is 278 g/mol. The van der Waals surface area contributed by atoms with Gasteiger partial charge in [-0.25, -0.2) is 9.59 Å². The summed E-state index contributed by atoms with van der Waals surface area (Å²) in [7, 11) is 1.32. The summed E-state index contributed by atoms with van der Waals surface area (Å²) in [5, 5.41) is 0. The topological polar surface area (TPSA) is 52.6 Å². The Hall–Kier alpha value is -2.02. The minimum atomic E-state index is -0.417. The molecule has 0 bridgehead atoms. The second kappa shape index (κ2) is 10.9. The first kappa shape index (κ1) is 18.0. The minimum absolute atomic E-state index is 0.184. The fraction of sp³-hybridized carbons (Fsp3) is 0.500. The van der Waals surface area contributed by atoms with Crippen LogP contribution in [0.5, 0.6) is 0 Å². The molecular formula is C16H22O4. The van der Waals surface area contributed by atoms with E-state index < -0.39 is 5.97 Å². The molecule has 0 unspecified atom stereocenters. The van der Waals surface area contributed by atoms with Gasteiger partial charge in [0.1, 0.15) is 0 Å². The number of carbonyl (C=O) groups excluding carboxylic acids is 2. The maximum Gasteiger partial charge on any atom is 0.333 e. The number of esters is 2. The van der Waals surface area contributed by atoms with E-state index in [0.29, 0.717) is 12.2 Å². The van der Waals surface area contributed by atoms with E-state index in [9.17, 15) is 9.59 Å². The first-order chi connectivity index (χ1) is 9.51. The summed E-state index contributed by atoms with van der Waals surface area (Å²) in [6, 6.07) is 0. The molecule has 0 amide bonds. The third-order valence-corrected chi connectivity index (χ3v) is 2.48. The molecule has 0 radical (unpaired) electrons. The van der Waals surface area contributed by atoms with Crippen LogP contribution in [0.15, 0.2) is 23.8 Å². The zero-order valence-electron chi connectivity index (χ0n) is 12.6. The molecule has 0 fully saturated rings. The molecule has 1 atom stereocenters. The van der Waals surface area contributed by atoms with Crippen LogP contribution in [0.3, 0.4) is 0 Å². The van der Waals surface area contributed by atoms with Gasteiger partial charge in [0.25, 0.3) is 0 Å². The molecular weight excluding hydrogens is 256 g/mol. The Morgan fingerprint density at radius 3 is 2.65 bits per heavy atom. The van der Waals surface area contributed by atoms with E-state index in [0.717, 1.165) is 12.8 Å². The summed E-state index contributed by atoms with van der Waals surface area (Å²) in [5.74, 6) is 5.28. The van der Waals surface area contributed by atoms with Gasteiger partial charge in [0.2, 0.25) is 0 Å². The zero-order valence-corrected chi connectivity index (χ0v) is 12.6. The molecule has 0 spiro atoms. The van der Waals surface area contributed by atoms with E-state index in [1.54, 1.807) is 13.8 Å². The van der Waals surface area contributed by atoms with Crippen LogP contribution in [0.1, 0.15) is 33.6 Å². The van der Waals surface area contributed by atoms with Crippen molar-refractivity contribution in [1.82, 2.24) is 0 Å². The predicted octanol–water partition coefficient (Wildman–Crippen LogP) is 2.64. The van der Waals surface area contributed by atoms with Crippen LogP contribution in [-0.4, -0.2) is 25.7 Å². The molecule has 0 saturated carbocycles. The highest BCUT2D eigenvalue weighted by Gasteiger charge is 2.03. The molecule has 0 N–H and O–H groups in total. The van der Waals surface area contributed by atoms with Crippen LogP contribution in [-0.2, 0) is 19.1 Å². The number of hydrogen-bond donors (Lipinski definition) is 0. The lowest BCUT2D eigenvalue weighted by Gasteiger charge is -2.03. The lowest BCUT2D eigenvalue weighted by Crippen LogP contribution is -2.05. The molecule has 110 valence electrons. The van der Waals surface area contributed by atoms with Gasteiger partial charge in [-0.1, -0.05) is 24.8 Å². The molecule has 0 heterocycles. The minimum Gasteiger partial charge on any atom is -0.466 e. The van der Waals surface area contributed by atoms with Gasteiger partial charge in [0, 0.05) is 17.6 Å². The van der Waals surface area contributed by atoms with Crippen molar-refractivity contribution in [2.45, 2.75) is 33.6 Å². The van der Waals surface area contributed by atoms with E-state index >= 15 is 0 Å². The number of allylic oxidation sites excluding steroid dienone is 2. The highest BCUT2D eigenvalue weighted by atomic mass is 16.5. The lowest BCUT2D eigenvalue weighted by molar-refractivity contribution is -0.138. The van der Waals surface area contributed by atoms with Crippen LogP contribution in [0.25, 0.3) is 0 Å². The second-order valence-corrected chi connectivity index (χ2v) is 4.23. The highest BCUT2D eigenvalue weighted by molar-refractivity contribution is 5.87. The van der Waals surface area contributed by atoms with Gasteiger partial charge < -0.3 is 9.47 Å². The van der Waals surface area contributed by atoms with Crippen molar-refractivity contribution in [1.29, 1.82) is 0 Å². The standard InChI is InChI=1S/C16H22O4/c1-5-20-16(18)14(3)11-8-10-13(2)9-6-7-12-15(17)19-4/h7,11-13H,5,8,10H2,1-4H3/b12-7+,14-11+/t13-/m0/s1. The van der Waals surface area contributed by atoms with Crippen molar-refractivity contribution in [3.8, 4) is 11.8 Å². The maximum atomic E-state index is 11.4. The Morgan fingerprint density at radius 2 is 2.05 bits per heavy atom. The Bertz CT molecular complexity index is 435. The molecule has 0 aliphatic rings. The summed E-state index contributed by atoms with van der Waals surface area (Å²) in [6.07, 6.45) is 6.23. The van der Waals surface area contributed by atoms with Crippen LogP contribution < -0.4 is 0 Å². The van der Waals surface area contributed by atoms with Crippen molar-refractivity contribution in [2.24, 2.45) is 5.92 Å². The normalized spacial score (nSPS) is 12.5. The van der Waals surface area contributed by atoms with Crippen LogP contribution in [0, 0.1) is 17.8 Å². The lowest BCUT2D eigenvalue weighted by atomic mass is 10.1. The Labute approximate surface area is 120 Å². The molecule has 0 aliphatic heterocycles. The molecule has 0 aromatic heterocycles. The van der Waals surface area contributed by atoms with Crippen molar-refractivity contribution < 1.29 is 19.1 Å². The molecule has 0 saturated heterocycles. The van der Waals surface area contributed by atoms with Crippen molar-refractivity contribution in [2.75, 3.05) is 13.7 Å². The molecule has 0 rings (SSSR count). The fourth-order valence-corrected chi connectivity index (χ4v) is 1.32. The van der Waals surface area contributed by atoms with E-state index in [2.05, 4.69) is 16.6 Å². The molecule has 0 aromatic carbocycles. The van der Waals surface area contributed by atoms with Gasteiger partial charge in [0.15, 0.2) is 0 Å². The Kier molecular flexibility index (Phi) is 9.76. The number of rotatable bonds is 6. The van der Waals surface area contributed by atoms with E-state index in [1.807, 2.05) is 13.0 Å². The SMILES string of the molecule is CCOC(=O)/C(C)=C/CC[C@@H](C)C#C/C=C/C(=O)OC. The van der Waals surface area contributed by atoms with Gasteiger partial charge >= 0.3 is 11.9 Å². The Balaban J connectivity index is 4.11. The third kappa shape index (κ3) is 8.98.